The zero-order valence-corrected chi connectivity index (χ0v) is 17.6. The van der Waals surface area contributed by atoms with Gasteiger partial charge >= 0.3 is 0 Å². The minimum atomic E-state index is -0.243. The van der Waals surface area contributed by atoms with Gasteiger partial charge in [0.15, 0.2) is 4.34 Å². The summed E-state index contributed by atoms with van der Waals surface area (Å²) < 4.78 is 0.701. The number of thioether (sulfide) groups is 1. The Kier molecular flexibility index (Phi) is 7.20. The summed E-state index contributed by atoms with van der Waals surface area (Å²) in [4.78, 5) is 25.1. The molecule has 1 aromatic heterocycles. The Labute approximate surface area is 177 Å². The normalized spacial score (nSPS) is 11.5. The summed E-state index contributed by atoms with van der Waals surface area (Å²) in [5, 5.41) is 17.3. The lowest BCUT2D eigenvalue weighted by Gasteiger charge is -2.16. The number of carbonyl (C=O) groups excluding carboxylic acids is 2. The first kappa shape index (κ1) is 20.8. The number of anilines is 2. The van der Waals surface area contributed by atoms with Gasteiger partial charge in [0.25, 0.3) is 5.91 Å². The van der Waals surface area contributed by atoms with Crippen LogP contribution < -0.4 is 16.0 Å². The van der Waals surface area contributed by atoms with Gasteiger partial charge in [-0.15, -0.1) is 10.2 Å². The van der Waals surface area contributed by atoms with Gasteiger partial charge in [0.1, 0.15) is 0 Å². The summed E-state index contributed by atoms with van der Waals surface area (Å²) in [6.07, 6.45) is 0. The quantitative estimate of drug-likeness (QED) is 0.473. The predicted octanol–water partition coefficient (Wildman–Crippen LogP) is 3.80. The van der Waals surface area contributed by atoms with E-state index in [1.54, 1.807) is 31.3 Å². The second-order valence-corrected chi connectivity index (χ2v) is 8.31. The van der Waals surface area contributed by atoms with E-state index in [2.05, 4.69) is 26.1 Å². The van der Waals surface area contributed by atoms with E-state index in [9.17, 15) is 9.59 Å². The molecule has 9 heteroatoms. The van der Waals surface area contributed by atoms with Gasteiger partial charge in [0, 0.05) is 7.05 Å². The van der Waals surface area contributed by atoms with Crippen molar-refractivity contribution in [2.75, 3.05) is 23.4 Å². The van der Waals surface area contributed by atoms with Gasteiger partial charge in [-0.25, -0.2) is 0 Å². The molecule has 0 saturated carbocycles. The molecule has 0 aliphatic heterocycles. The molecule has 2 aromatic carbocycles. The van der Waals surface area contributed by atoms with Crippen molar-refractivity contribution < 1.29 is 9.59 Å². The fraction of sp³-hybridized carbons (Fsp3) is 0.200. The molecule has 1 atom stereocenters. The monoisotopic (exact) mass is 427 g/mol. The number of nitrogens with zero attached hydrogens (tertiary/aromatic N) is 2. The largest absolute Gasteiger partial charge is 0.363 e. The average molecular weight is 428 g/mol. The molecule has 0 aliphatic rings. The number of amides is 2. The van der Waals surface area contributed by atoms with E-state index in [4.69, 9.17) is 0 Å². The van der Waals surface area contributed by atoms with E-state index in [1.165, 1.54) is 23.1 Å². The molecule has 0 unspecified atom stereocenters. The molecule has 3 N–H and O–H groups in total. The van der Waals surface area contributed by atoms with E-state index in [0.717, 1.165) is 5.56 Å². The van der Waals surface area contributed by atoms with Crippen LogP contribution in [-0.4, -0.2) is 34.8 Å². The van der Waals surface area contributed by atoms with Crippen molar-refractivity contribution in [1.82, 2.24) is 15.5 Å². The molecule has 7 nitrogen and oxygen atoms in total. The zero-order chi connectivity index (χ0) is 20.6. The lowest BCUT2D eigenvalue weighted by Crippen LogP contribution is -2.28. The molecular weight excluding hydrogens is 406 g/mol. The molecule has 3 aromatic rings. The predicted molar refractivity (Wildman–Crippen MR) is 118 cm³/mol. The lowest BCUT2D eigenvalue weighted by molar-refractivity contribution is -0.113. The molecule has 29 heavy (non-hydrogen) atoms. The van der Waals surface area contributed by atoms with Gasteiger partial charge in [-0.3, -0.25) is 9.59 Å². The number of aromatic nitrogens is 2. The van der Waals surface area contributed by atoms with Gasteiger partial charge in [-0.2, -0.15) is 0 Å². The molecular formula is C20H21N5O2S2. The maximum Gasteiger partial charge on any atom is 0.253 e. The zero-order valence-electron chi connectivity index (χ0n) is 16.0. The second-order valence-electron chi connectivity index (χ2n) is 6.11. The third-order valence-corrected chi connectivity index (χ3v) is 6.11. The van der Waals surface area contributed by atoms with Crippen LogP contribution in [0.2, 0.25) is 0 Å². The third kappa shape index (κ3) is 5.78. The van der Waals surface area contributed by atoms with Gasteiger partial charge in [-0.1, -0.05) is 65.6 Å². The summed E-state index contributed by atoms with van der Waals surface area (Å²) in [6, 6.07) is 16.5. The van der Waals surface area contributed by atoms with Crippen molar-refractivity contribution >= 4 is 45.7 Å². The van der Waals surface area contributed by atoms with Gasteiger partial charge in [0.05, 0.1) is 23.0 Å². The maximum atomic E-state index is 12.8. The highest BCUT2D eigenvalue weighted by atomic mass is 32.2. The third-order valence-electron chi connectivity index (χ3n) is 4.04. The van der Waals surface area contributed by atoms with Crippen LogP contribution >= 0.6 is 23.1 Å². The lowest BCUT2D eigenvalue weighted by atomic mass is 10.1. The molecule has 0 spiro atoms. The Morgan fingerprint density at radius 1 is 1.07 bits per heavy atom. The summed E-state index contributed by atoms with van der Waals surface area (Å²) in [7, 11) is 1.77. The molecule has 1 heterocycles. The first-order valence-electron chi connectivity index (χ1n) is 8.95. The molecule has 0 bridgehead atoms. The summed E-state index contributed by atoms with van der Waals surface area (Å²) >= 11 is 2.68. The highest BCUT2D eigenvalue weighted by molar-refractivity contribution is 8.01. The Morgan fingerprint density at radius 2 is 1.79 bits per heavy atom. The van der Waals surface area contributed by atoms with Crippen molar-refractivity contribution in [3.8, 4) is 0 Å². The average Bonchev–Trinajstić information content (AvgIpc) is 3.21. The Hall–Kier alpha value is -2.91. The Bertz CT molecular complexity index is 978. The molecule has 0 radical (unpaired) electrons. The highest BCUT2D eigenvalue weighted by Gasteiger charge is 2.16. The van der Waals surface area contributed by atoms with Crippen LogP contribution in [0.1, 0.15) is 28.9 Å². The number of rotatable bonds is 8. The van der Waals surface area contributed by atoms with Crippen LogP contribution in [0.3, 0.4) is 0 Å². The standard InChI is InChI=1S/C20H21N5O2S2/c1-13(14-8-4-3-5-9-14)22-18(27)15-10-6-7-11-16(15)23-17(26)12-28-20-25-24-19(21-2)29-20/h3-11,13H,12H2,1-2H3,(H,21,24)(H,22,27)(H,23,26)/t13-/m1/s1. The molecule has 3 rings (SSSR count). The molecule has 0 saturated heterocycles. The minimum absolute atomic E-state index is 0.151. The molecule has 150 valence electrons. The minimum Gasteiger partial charge on any atom is -0.363 e. The van der Waals surface area contributed by atoms with E-state index in [-0.39, 0.29) is 23.6 Å². The summed E-state index contributed by atoms with van der Waals surface area (Å²) in [6.45, 7) is 1.92. The fourth-order valence-corrected chi connectivity index (χ4v) is 4.08. The van der Waals surface area contributed by atoms with Gasteiger partial charge in [0.2, 0.25) is 11.0 Å². The maximum absolute atomic E-state index is 12.8. The number of benzene rings is 2. The van der Waals surface area contributed by atoms with Crippen molar-refractivity contribution in [1.29, 1.82) is 0 Å². The molecule has 2 amide bonds. The Balaban J connectivity index is 1.61. The number of carbonyl (C=O) groups is 2. The van der Waals surface area contributed by atoms with E-state index < -0.39 is 0 Å². The van der Waals surface area contributed by atoms with Crippen molar-refractivity contribution in [3.05, 3.63) is 65.7 Å². The van der Waals surface area contributed by atoms with Crippen LogP contribution in [-0.2, 0) is 4.79 Å². The van der Waals surface area contributed by atoms with Crippen LogP contribution in [0, 0.1) is 0 Å². The van der Waals surface area contributed by atoms with E-state index in [0.29, 0.717) is 20.7 Å². The summed E-state index contributed by atoms with van der Waals surface area (Å²) in [5.74, 6) is -0.283. The number of hydrogen-bond acceptors (Lipinski definition) is 7. The van der Waals surface area contributed by atoms with Crippen LogP contribution in [0.5, 0.6) is 0 Å². The van der Waals surface area contributed by atoms with Gasteiger partial charge in [-0.05, 0) is 24.6 Å². The van der Waals surface area contributed by atoms with Crippen LogP contribution in [0.15, 0.2) is 58.9 Å². The van der Waals surface area contributed by atoms with Crippen LogP contribution in [0.4, 0.5) is 10.8 Å². The smallest absolute Gasteiger partial charge is 0.253 e. The highest BCUT2D eigenvalue weighted by Crippen LogP contribution is 2.25. The van der Waals surface area contributed by atoms with E-state index >= 15 is 0 Å². The SMILES string of the molecule is CNc1nnc(SCC(=O)Nc2ccccc2C(=O)N[C@H](C)c2ccccc2)s1. The fourth-order valence-electron chi connectivity index (χ4n) is 2.57. The van der Waals surface area contributed by atoms with Crippen molar-refractivity contribution in [3.63, 3.8) is 0 Å². The number of nitrogens with one attached hydrogen (secondary N) is 3. The molecule has 0 aliphatic carbocycles. The first-order chi connectivity index (χ1) is 14.1. The van der Waals surface area contributed by atoms with Crippen molar-refractivity contribution in [2.24, 2.45) is 0 Å². The summed E-state index contributed by atoms with van der Waals surface area (Å²) in [5.41, 5.74) is 1.91. The molecule has 0 fully saturated rings. The Morgan fingerprint density at radius 3 is 2.52 bits per heavy atom. The topological polar surface area (TPSA) is 96.0 Å². The van der Waals surface area contributed by atoms with Crippen LogP contribution in [0.25, 0.3) is 0 Å². The number of para-hydroxylation sites is 1. The van der Waals surface area contributed by atoms with Crippen molar-refractivity contribution in [2.45, 2.75) is 17.3 Å². The van der Waals surface area contributed by atoms with Gasteiger partial charge < -0.3 is 16.0 Å². The first-order valence-corrected chi connectivity index (χ1v) is 10.8. The van der Waals surface area contributed by atoms with E-state index in [1.807, 2.05) is 37.3 Å². The number of hydrogen-bond donors (Lipinski definition) is 3. The second kappa shape index (κ2) is 10.0.